The van der Waals surface area contributed by atoms with Crippen LogP contribution in [0.2, 0.25) is 0 Å². The number of benzene rings is 1. The number of halogens is 3. The molecule has 1 aromatic rings. The highest BCUT2D eigenvalue weighted by atomic mass is 19.4. The quantitative estimate of drug-likeness (QED) is 0.793. The smallest absolute Gasteiger partial charge is 0.419 e. The van der Waals surface area contributed by atoms with Crippen molar-refractivity contribution < 1.29 is 17.9 Å². The Morgan fingerprint density at radius 2 is 2.00 bits per heavy atom. The van der Waals surface area contributed by atoms with Crippen LogP contribution in [-0.2, 0) is 12.7 Å². The molecule has 0 bridgehead atoms. The second-order valence-electron chi connectivity index (χ2n) is 5.11. The lowest BCUT2D eigenvalue weighted by Crippen LogP contribution is -2.22. The largest absolute Gasteiger partial charge is 0.489 e. The molecule has 5 heteroatoms. The zero-order valence-corrected chi connectivity index (χ0v) is 12.0. The van der Waals surface area contributed by atoms with E-state index in [0.29, 0.717) is 17.7 Å². The fourth-order valence-electron chi connectivity index (χ4n) is 1.56. The van der Waals surface area contributed by atoms with Crippen molar-refractivity contribution in [2.75, 3.05) is 6.61 Å². The summed E-state index contributed by atoms with van der Waals surface area (Å²) in [5, 5.41) is 3.09. The second-order valence-corrected chi connectivity index (χ2v) is 5.11. The van der Waals surface area contributed by atoms with Crippen molar-refractivity contribution in [2.24, 2.45) is 0 Å². The first kappa shape index (κ1) is 16.6. The molecule has 0 aliphatic heterocycles. The van der Waals surface area contributed by atoms with Crippen molar-refractivity contribution >= 4 is 0 Å². The molecule has 1 rings (SSSR count). The van der Waals surface area contributed by atoms with E-state index in [1.54, 1.807) is 13.0 Å². The van der Waals surface area contributed by atoms with Crippen LogP contribution in [-0.4, -0.2) is 12.6 Å². The van der Waals surface area contributed by atoms with Gasteiger partial charge in [-0.2, -0.15) is 13.2 Å². The second kappa shape index (κ2) is 6.79. The van der Waals surface area contributed by atoms with Gasteiger partial charge in [0.25, 0.3) is 0 Å². The Hall–Kier alpha value is -1.49. The molecule has 0 heterocycles. The van der Waals surface area contributed by atoms with Gasteiger partial charge in [0.15, 0.2) is 0 Å². The van der Waals surface area contributed by atoms with E-state index in [1.807, 2.05) is 13.8 Å². The molecule has 0 aliphatic carbocycles. The van der Waals surface area contributed by atoms with Gasteiger partial charge in [-0.25, -0.2) is 0 Å². The van der Waals surface area contributed by atoms with Crippen LogP contribution in [0.1, 0.15) is 31.9 Å². The van der Waals surface area contributed by atoms with E-state index in [1.165, 1.54) is 6.07 Å². The van der Waals surface area contributed by atoms with Crippen LogP contribution in [0.25, 0.3) is 0 Å². The molecule has 2 nitrogen and oxygen atoms in total. The minimum absolute atomic E-state index is 0.0761. The molecule has 1 aromatic carbocycles. The predicted octanol–water partition coefficient (Wildman–Crippen LogP) is 4.16. The molecule has 0 saturated heterocycles. The Kier molecular flexibility index (Phi) is 5.62. The van der Waals surface area contributed by atoms with Crippen molar-refractivity contribution in [1.82, 2.24) is 5.32 Å². The Labute approximate surface area is 117 Å². The van der Waals surface area contributed by atoms with E-state index in [9.17, 15) is 13.2 Å². The lowest BCUT2D eigenvalue weighted by atomic mass is 10.1. The Morgan fingerprint density at radius 3 is 2.50 bits per heavy atom. The molecule has 0 saturated carbocycles. The lowest BCUT2D eigenvalue weighted by Gasteiger charge is -2.16. The van der Waals surface area contributed by atoms with Gasteiger partial charge in [-0.05, 0) is 30.2 Å². The van der Waals surface area contributed by atoms with Gasteiger partial charge < -0.3 is 10.1 Å². The summed E-state index contributed by atoms with van der Waals surface area (Å²) in [6, 6.07) is 4.34. The minimum Gasteiger partial charge on any atom is -0.489 e. The topological polar surface area (TPSA) is 21.3 Å². The molecule has 0 radical (unpaired) electrons. The molecule has 112 valence electrons. The SMILES string of the molecule is C=C(C)COc1ccc(CNC(C)C)cc1C(F)(F)F. The summed E-state index contributed by atoms with van der Waals surface area (Å²) < 4.78 is 44.3. The Morgan fingerprint density at radius 1 is 1.35 bits per heavy atom. The normalized spacial score (nSPS) is 11.8. The van der Waals surface area contributed by atoms with Gasteiger partial charge in [-0.15, -0.1) is 0 Å². The van der Waals surface area contributed by atoms with E-state index >= 15 is 0 Å². The van der Waals surface area contributed by atoms with E-state index in [2.05, 4.69) is 11.9 Å². The van der Waals surface area contributed by atoms with Crippen molar-refractivity contribution in [1.29, 1.82) is 0 Å². The molecule has 0 atom stereocenters. The van der Waals surface area contributed by atoms with E-state index in [0.717, 1.165) is 6.07 Å². The van der Waals surface area contributed by atoms with Crippen LogP contribution in [0.5, 0.6) is 5.75 Å². The third kappa shape index (κ3) is 5.25. The lowest BCUT2D eigenvalue weighted by molar-refractivity contribution is -0.138. The maximum absolute atomic E-state index is 13.0. The monoisotopic (exact) mass is 287 g/mol. The highest BCUT2D eigenvalue weighted by Gasteiger charge is 2.34. The van der Waals surface area contributed by atoms with Gasteiger partial charge in [0.05, 0.1) is 5.56 Å². The van der Waals surface area contributed by atoms with Crippen LogP contribution in [0.4, 0.5) is 13.2 Å². The van der Waals surface area contributed by atoms with Crippen molar-refractivity contribution in [3.05, 3.63) is 41.5 Å². The maximum atomic E-state index is 13.0. The molecular weight excluding hydrogens is 267 g/mol. The van der Waals surface area contributed by atoms with Gasteiger partial charge in [0.2, 0.25) is 0 Å². The fourth-order valence-corrected chi connectivity index (χ4v) is 1.56. The molecule has 20 heavy (non-hydrogen) atoms. The minimum atomic E-state index is -4.43. The van der Waals surface area contributed by atoms with Crippen LogP contribution < -0.4 is 10.1 Å². The van der Waals surface area contributed by atoms with Gasteiger partial charge in [-0.3, -0.25) is 0 Å². The molecule has 0 aromatic heterocycles. The molecule has 0 amide bonds. The highest BCUT2D eigenvalue weighted by Crippen LogP contribution is 2.37. The highest BCUT2D eigenvalue weighted by molar-refractivity contribution is 5.39. The summed E-state index contributed by atoms with van der Waals surface area (Å²) in [5.74, 6) is -0.159. The summed E-state index contributed by atoms with van der Waals surface area (Å²) in [5.41, 5.74) is 0.499. The third-order valence-corrected chi connectivity index (χ3v) is 2.54. The van der Waals surface area contributed by atoms with Gasteiger partial charge in [0.1, 0.15) is 12.4 Å². The number of hydrogen-bond donors (Lipinski definition) is 1. The molecule has 0 spiro atoms. The number of nitrogens with one attached hydrogen (secondary N) is 1. The van der Waals surface area contributed by atoms with Crippen LogP contribution in [0, 0.1) is 0 Å². The maximum Gasteiger partial charge on any atom is 0.419 e. The summed E-state index contributed by atoms with van der Waals surface area (Å²) in [6.45, 7) is 9.66. The summed E-state index contributed by atoms with van der Waals surface area (Å²) in [4.78, 5) is 0. The molecule has 1 N–H and O–H groups in total. The van der Waals surface area contributed by atoms with Crippen molar-refractivity contribution in [3.63, 3.8) is 0 Å². The average molecular weight is 287 g/mol. The molecule has 0 aliphatic rings. The van der Waals surface area contributed by atoms with E-state index in [-0.39, 0.29) is 18.4 Å². The van der Waals surface area contributed by atoms with Crippen molar-refractivity contribution in [3.8, 4) is 5.75 Å². The Bertz CT molecular complexity index is 467. The number of alkyl halides is 3. The molecular formula is C15H20F3NO. The zero-order chi connectivity index (χ0) is 15.3. The number of rotatable bonds is 6. The van der Waals surface area contributed by atoms with Crippen molar-refractivity contribution in [2.45, 2.75) is 39.5 Å². The molecule has 0 fully saturated rings. The molecule has 0 unspecified atom stereocenters. The summed E-state index contributed by atoms with van der Waals surface area (Å²) in [6.07, 6.45) is -4.43. The first-order valence-electron chi connectivity index (χ1n) is 6.41. The fraction of sp³-hybridized carbons (Fsp3) is 0.467. The van der Waals surface area contributed by atoms with E-state index in [4.69, 9.17) is 4.74 Å². The van der Waals surface area contributed by atoms with Crippen LogP contribution in [0.15, 0.2) is 30.4 Å². The third-order valence-electron chi connectivity index (χ3n) is 2.54. The predicted molar refractivity (Wildman–Crippen MR) is 73.7 cm³/mol. The number of hydrogen-bond acceptors (Lipinski definition) is 2. The Balaban J connectivity index is 2.98. The standard InChI is InChI=1S/C15H20F3NO/c1-10(2)9-20-14-6-5-12(8-19-11(3)4)7-13(14)15(16,17)18/h5-7,11,19H,1,8-9H2,2-4H3. The average Bonchev–Trinajstić information content (AvgIpc) is 2.33. The number of ether oxygens (including phenoxy) is 1. The van der Waals surface area contributed by atoms with Crippen LogP contribution >= 0.6 is 0 Å². The van der Waals surface area contributed by atoms with E-state index < -0.39 is 11.7 Å². The first-order chi connectivity index (χ1) is 9.20. The first-order valence-corrected chi connectivity index (χ1v) is 6.41. The van der Waals surface area contributed by atoms with Gasteiger partial charge >= 0.3 is 6.18 Å². The van der Waals surface area contributed by atoms with Crippen LogP contribution in [0.3, 0.4) is 0 Å². The zero-order valence-electron chi connectivity index (χ0n) is 12.0. The summed E-state index contributed by atoms with van der Waals surface area (Å²) >= 11 is 0. The van der Waals surface area contributed by atoms with Gasteiger partial charge in [-0.1, -0.05) is 26.5 Å². The summed E-state index contributed by atoms with van der Waals surface area (Å²) in [7, 11) is 0. The van der Waals surface area contributed by atoms with Gasteiger partial charge in [0, 0.05) is 12.6 Å².